The van der Waals surface area contributed by atoms with Gasteiger partial charge in [0.2, 0.25) is 5.91 Å². The molecular formula is C21H23N3O6. The highest BCUT2D eigenvalue weighted by Gasteiger charge is 2.31. The summed E-state index contributed by atoms with van der Waals surface area (Å²) < 4.78 is 0. The third-order valence-corrected chi connectivity index (χ3v) is 4.37. The number of nitrogens with two attached hydrogens (primary N) is 1. The first kappa shape index (κ1) is 22.6. The van der Waals surface area contributed by atoms with Crippen LogP contribution in [0, 0.1) is 0 Å². The highest BCUT2D eigenvalue weighted by atomic mass is 16.4. The monoisotopic (exact) mass is 413 g/mol. The number of primary amides is 1. The lowest BCUT2D eigenvalue weighted by molar-refractivity contribution is -0.138. The summed E-state index contributed by atoms with van der Waals surface area (Å²) in [5.41, 5.74) is 6.02. The highest BCUT2D eigenvalue weighted by molar-refractivity contribution is 5.95. The Morgan fingerprint density at radius 1 is 0.900 bits per heavy atom. The number of hydrogen-bond acceptors (Lipinski definition) is 5. The van der Waals surface area contributed by atoms with E-state index < -0.39 is 48.3 Å². The summed E-state index contributed by atoms with van der Waals surface area (Å²) in [4.78, 5) is 47.4. The lowest BCUT2D eigenvalue weighted by Crippen LogP contribution is -2.51. The summed E-state index contributed by atoms with van der Waals surface area (Å²) in [5.74, 6) is -3.56. The summed E-state index contributed by atoms with van der Waals surface area (Å²) in [6.07, 6.45) is -2.38. The summed E-state index contributed by atoms with van der Waals surface area (Å²) in [7, 11) is 0. The molecule has 3 atom stereocenters. The van der Waals surface area contributed by atoms with Gasteiger partial charge < -0.3 is 26.6 Å². The van der Waals surface area contributed by atoms with Gasteiger partial charge >= 0.3 is 5.97 Å². The van der Waals surface area contributed by atoms with Crippen molar-refractivity contribution in [3.8, 4) is 0 Å². The molecule has 158 valence electrons. The number of nitrogens with one attached hydrogen (secondary N) is 2. The van der Waals surface area contributed by atoms with Gasteiger partial charge in [0.05, 0.1) is 6.04 Å². The summed E-state index contributed by atoms with van der Waals surface area (Å²) in [5, 5.41) is 24.3. The average Bonchev–Trinajstić information content (AvgIpc) is 2.75. The number of hydrogen-bond donors (Lipinski definition) is 5. The van der Waals surface area contributed by atoms with Crippen LogP contribution in [-0.4, -0.2) is 46.0 Å². The molecule has 3 amide bonds. The van der Waals surface area contributed by atoms with Crippen LogP contribution in [0.2, 0.25) is 0 Å². The molecule has 0 aliphatic rings. The van der Waals surface area contributed by atoms with Crippen LogP contribution in [0.3, 0.4) is 0 Å². The molecule has 9 nitrogen and oxygen atoms in total. The minimum atomic E-state index is -1.76. The highest BCUT2D eigenvalue weighted by Crippen LogP contribution is 2.18. The first-order chi connectivity index (χ1) is 14.3. The van der Waals surface area contributed by atoms with Crippen molar-refractivity contribution in [2.45, 2.75) is 31.0 Å². The van der Waals surface area contributed by atoms with Gasteiger partial charge in [0.15, 0.2) is 6.10 Å². The van der Waals surface area contributed by atoms with E-state index in [9.17, 15) is 24.3 Å². The summed E-state index contributed by atoms with van der Waals surface area (Å²) in [6, 6.07) is 14.2. The number of carbonyl (C=O) groups is 4. The summed E-state index contributed by atoms with van der Waals surface area (Å²) in [6.45, 7) is 0. The van der Waals surface area contributed by atoms with Gasteiger partial charge in [-0.3, -0.25) is 19.2 Å². The van der Waals surface area contributed by atoms with Crippen molar-refractivity contribution in [2.75, 3.05) is 0 Å². The first-order valence-corrected chi connectivity index (χ1v) is 9.20. The van der Waals surface area contributed by atoms with Crippen LogP contribution in [0.15, 0.2) is 60.7 Å². The Morgan fingerprint density at radius 3 is 2.00 bits per heavy atom. The van der Waals surface area contributed by atoms with Crippen molar-refractivity contribution < 1.29 is 29.4 Å². The Kier molecular flexibility index (Phi) is 8.07. The third-order valence-electron chi connectivity index (χ3n) is 4.37. The Bertz CT molecular complexity index is 888. The van der Waals surface area contributed by atoms with Gasteiger partial charge in [0.1, 0.15) is 6.04 Å². The van der Waals surface area contributed by atoms with Crippen LogP contribution in [0.1, 0.15) is 34.8 Å². The van der Waals surface area contributed by atoms with E-state index >= 15 is 0 Å². The van der Waals surface area contributed by atoms with E-state index in [1.165, 1.54) is 0 Å². The smallest absolute Gasteiger partial charge is 0.303 e. The van der Waals surface area contributed by atoms with E-state index in [1.54, 1.807) is 60.7 Å². The molecule has 30 heavy (non-hydrogen) atoms. The second-order valence-electron chi connectivity index (χ2n) is 6.57. The topological polar surface area (TPSA) is 159 Å². The molecule has 0 heterocycles. The van der Waals surface area contributed by atoms with Gasteiger partial charge in [-0.1, -0.05) is 48.5 Å². The number of rotatable bonds is 10. The maximum absolute atomic E-state index is 12.6. The van der Waals surface area contributed by atoms with Crippen molar-refractivity contribution in [3.63, 3.8) is 0 Å². The SMILES string of the molecule is NC(=O)[C@H](CCC(=O)O)NC(=O)[C@H](O)[C@@H](NC(=O)c1ccccc1)c1ccccc1. The molecule has 0 radical (unpaired) electrons. The summed E-state index contributed by atoms with van der Waals surface area (Å²) >= 11 is 0. The lowest BCUT2D eigenvalue weighted by Gasteiger charge is -2.25. The van der Waals surface area contributed by atoms with E-state index in [-0.39, 0.29) is 6.42 Å². The van der Waals surface area contributed by atoms with Gasteiger partial charge in [-0.2, -0.15) is 0 Å². The quantitative estimate of drug-likeness (QED) is 0.378. The number of aliphatic carboxylic acids is 1. The lowest BCUT2D eigenvalue weighted by atomic mass is 9.99. The Labute approximate surface area is 172 Å². The molecule has 0 aromatic heterocycles. The largest absolute Gasteiger partial charge is 0.481 e. The van der Waals surface area contributed by atoms with Crippen molar-refractivity contribution in [1.29, 1.82) is 0 Å². The maximum atomic E-state index is 12.6. The predicted molar refractivity (Wildman–Crippen MR) is 107 cm³/mol. The zero-order chi connectivity index (χ0) is 22.1. The molecule has 2 aromatic rings. The molecule has 6 N–H and O–H groups in total. The number of aliphatic hydroxyl groups excluding tert-OH is 1. The molecule has 0 saturated heterocycles. The van der Waals surface area contributed by atoms with E-state index in [1.807, 2.05) is 0 Å². The van der Waals surface area contributed by atoms with Gasteiger partial charge in [-0.15, -0.1) is 0 Å². The second-order valence-corrected chi connectivity index (χ2v) is 6.57. The van der Waals surface area contributed by atoms with Crippen LogP contribution in [0.4, 0.5) is 0 Å². The van der Waals surface area contributed by atoms with E-state index in [0.717, 1.165) is 0 Å². The fourth-order valence-electron chi connectivity index (χ4n) is 2.78. The van der Waals surface area contributed by atoms with Crippen LogP contribution in [-0.2, 0) is 14.4 Å². The maximum Gasteiger partial charge on any atom is 0.303 e. The minimum Gasteiger partial charge on any atom is -0.481 e. The van der Waals surface area contributed by atoms with Crippen molar-refractivity contribution in [3.05, 3.63) is 71.8 Å². The number of aliphatic hydroxyl groups is 1. The van der Waals surface area contributed by atoms with Gasteiger partial charge in [-0.25, -0.2) is 0 Å². The molecule has 2 aromatic carbocycles. The average molecular weight is 413 g/mol. The normalized spacial score (nSPS) is 13.5. The van der Waals surface area contributed by atoms with Crippen molar-refractivity contribution >= 4 is 23.7 Å². The van der Waals surface area contributed by atoms with Crippen molar-refractivity contribution in [2.24, 2.45) is 5.73 Å². The third kappa shape index (κ3) is 6.42. The zero-order valence-corrected chi connectivity index (χ0v) is 16.0. The predicted octanol–water partition coefficient (Wildman–Crippen LogP) is 0.354. The number of amides is 3. The van der Waals surface area contributed by atoms with Crippen LogP contribution in [0.5, 0.6) is 0 Å². The Morgan fingerprint density at radius 2 is 1.47 bits per heavy atom. The van der Waals surface area contributed by atoms with E-state index in [4.69, 9.17) is 10.8 Å². The molecule has 0 aliphatic carbocycles. The van der Waals surface area contributed by atoms with Crippen LogP contribution >= 0.6 is 0 Å². The number of benzene rings is 2. The van der Waals surface area contributed by atoms with Gasteiger partial charge in [-0.05, 0) is 24.1 Å². The standard InChI is InChI=1S/C21H23N3O6/c22-19(28)15(11-12-16(25)26)23-21(30)18(27)17(13-7-3-1-4-8-13)24-20(29)14-9-5-2-6-10-14/h1-10,15,17-18,27H,11-12H2,(H2,22,28)(H,23,30)(H,24,29)(H,25,26)/t15-,17-,18+/m0/s1. The molecule has 0 unspecified atom stereocenters. The first-order valence-electron chi connectivity index (χ1n) is 9.20. The van der Waals surface area contributed by atoms with Crippen LogP contribution < -0.4 is 16.4 Å². The molecule has 0 spiro atoms. The second kappa shape index (κ2) is 10.7. The Hall–Kier alpha value is -3.72. The number of carboxylic acids is 1. The molecule has 2 rings (SSSR count). The minimum absolute atomic E-state index is 0.227. The number of carboxylic acid groups (broad SMARTS) is 1. The molecule has 0 aliphatic heterocycles. The van der Waals surface area contributed by atoms with E-state index in [0.29, 0.717) is 11.1 Å². The fraction of sp³-hybridized carbons (Fsp3) is 0.238. The fourth-order valence-corrected chi connectivity index (χ4v) is 2.78. The van der Waals surface area contributed by atoms with Gasteiger partial charge in [0.25, 0.3) is 11.8 Å². The molecular weight excluding hydrogens is 390 g/mol. The molecule has 0 bridgehead atoms. The van der Waals surface area contributed by atoms with Gasteiger partial charge in [0, 0.05) is 12.0 Å². The molecule has 0 fully saturated rings. The molecule has 0 saturated carbocycles. The Balaban J connectivity index is 2.20. The van der Waals surface area contributed by atoms with E-state index in [2.05, 4.69) is 10.6 Å². The zero-order valence-electron chi connectivity index (χ0n) is 16.0. The van der Waals surface area contributed by atoms with Crippen molar-refractivity contribution in [1.82, 2.24) is 10.6 Å². The molecule has 9 heteroatoms. The number of carbonyl (C=O) groups excluding carboxylic acids is 3. The van der Waals surface area contributed by atoms with Crippen LogP contribution in [0.25, 0.3) is 0 Å².